The minimum absolute atomic E-state index is 0.362. The number of hydrogen-bond donors (Lipinski definition) is 1. The van der Waals surface area contributed by atoms with Crippen molar-refractivity contribution in [1.82, 2.24) is 0 Å². The third-order valence-electron chi connectivity index (χ3n) is 1.23. The molecule has 0 amide bonds. The average Bonchev–Trinajstić information content (AvgIpc) is 2.07. The summed E-state index contributed by atoms with van der Waals surface area (Å²) in [6, 6.07) is 9.78. The zero-order valence-electron chi connectivity index (χ0n) is 6.41. The maximum atomic E-state index is 4.63. The van der Waals surface area contributed by atoms with Gasteiger partial charge < -0.3 is 5.32 Å². The molecular formula is C8H11NO2. The first-order chi connectivity index (χ1) is 5.43. The molecule has 0 saturated carbocycles. The van der Waals surface area contributed by atoms with Crippen molar-refractivity contribution in [2.24, 2.45) is 0 Å². The summed E-state index contributed by atoms with van der Waals surface area (Å²) in [6.45, 7) is 0.362. The summed E-state index contributed by atoms with van der Waals surface area (Å²) in [5, 5.41) is 3.00. The first kappa shape index (κ1) is 8.04. The number of anilines is 1. The van der Waals surface area contributed by atoms with Gasteiger partial charge in [-0.15, -0.1) is 0 Å². The van der Waals surface area contributed by atoms with E-state index in [4.69, 9.17) is 0 Å². The highest BCUT2D eigenvalue weighted by Gasteiger charge is 1.86. The lowest BCUT2D eigenvalue weighted by atomic mass is 10.3. The average molecular weight is 153 g/mol. The number of nitrogens with one attached hydrogen (secondary N) is 1. The van der Waals surface area contributed by atoms with E-state index in [1.54, 1.807) is 0 Å². The Bertz CT molecular complexity index is 189. The molecule has 0 bridgehead atoms. The molecule has 1 aromatic rings. The highest BCUT2D eigenvalue weighted by atomic mass is 17.2. The van der Waals surface area contributed by atoms with Crippen LogP contribution in [0.25, 0.3) is 0 Å². The Kier molecular flexibility index (Phi) is 3.44. The highest BCUT2D eigenvalue weighted by Crippen LogP contribution is 2.03. The van der Waals surface area contributed by atoms with Crippen molar-refractivity contribution < 1.29 is 9.78 Å². The van der Waals surface area contributed by atoms with Crippen LogP contribution in [-0.4, -0.2) is 13.8 Å². The molecule has 3 heteroatoms. The minimum atomic E-state index is 0.362. The van der Waals surface area contributed by atoms with Crippen molar-refractivity contribution in [3.63, 3.8) is 0 Å². The standard InChI is InChI=1S/C8H11NO2/c1-10-11-7-9-8-5-3-2-4-6-8/h2-6,9H,7H2,1H3. The monoisotopic (exact) mass is 153 g/mol. The van der Waals surface area contributed by atoms with Gasteiger partial charge in [0.15, 0.2) is 6.73 Å². The summed E-state index contributed by atoms with van der Waals surface area (Å²) in [7, 11) is 1.48. The molecule has 1 aromatic carbocycles. The van der Waals surface area contributed by atoms with Crippen LogP contribution in [0.5, 0.6) is 0 Å². The molecule has 0 aliphatic carbocycles. The van der Waals surface area contributed by atoms with Crippen LogP contribution in [0, 0.1) is 0 Å². The van der Waals surface area contributed by atoms with Crippen molar-refractivity contribution in [3.05, 3.63) is 30.3 Å². The van der Waals surface area contributed by atoms with Crippen molar-refractivity contribution in [2.75, 3.05) is 19.2 Å². The molecule has 0 aliphatic heterocycles. The molecular weight excluding hydrogens is 142 g/mol. The Morgan fingerprint density at radius 1 is 1.27 bits per heavy atom. The normalized spacial score (nSPS) is 9.55. The molecule has 0 unspecified atom stereocenters. The van der Waals surface area contributed by atoms with E-state index in [0.29, 0.717) is 6.73 Å². The second-order valence-electron chi connectivity index (χ2n) is 1.97. The lowest BCUT2D eigenvalue weighted by Gasteiger charge is -2.03. The fraction of sp³-hybridized carbons (Fsp3) is 0.250. The Morgan fingerprint density at radius 2 is 2.00 bits per heavy atom. The molecule has 0 spiro atoms. The third kappa shape index (κ3) is 3.02. The highest BCUT2D eigenvalue weighted by molar-refractivity contribution is 5.41. The molecule has 0 aromatic heterocycles. The van der Waals surface area contributed by atoms with Gasteiger partial charge in [0.2, 0.25) is 0 Å². The first-order valence-corrected chi connectivity index (χ1v) is 3.38. The van der Waals surface area contributed by atoms with Crippen LogP contribution in [0.2, 0.25) is 0 Å². The fourth-order valence-electron chi connectivity index (χ4n) is 0.728. The van der Waals surface area contributed by atoms with Gasteiger partial charge in [-0.25, -0.2) is 9.78 Å². The molecule has 0 aliphatic rings. The van der Waals surface area contributed by atoms with E-state index in [0.717, 1.165) is 5.69 Å². The van der Waals surface area contributed by atoms with Crippen molar-refractivity contribution in [2.45, 2.75) is 0 Å². The molecule has 1 N–H and O–H groups in total. The first-order valence-electron chi connectivity index (χ1n) is 3.38. The van der Waals surface area contributed by atoms with Crippen molar-refractivity contribution in [3.8, 4) is 0 Å². The Hall–Kier alpha value is -1.06. The number of rotatable bonds is 4. The van der Waals surface area contributed by atoms with E-state index >= 15 is 0 Å². The van der Waals surface area contributed by atoms with Gasteiger partial charge in [0.25, 0.3) is 0 Å². The largest absolute Gasteiger partial charge is 0.360 e. The van der Waals surface area contributed by atoms with Crippen LogP contribution < -0.4 is 5.32 Å². The van der Waals surface area contributed by atoms with Crippen LogP contribution in [0.1, 0.15) is 0 Å². The van der Waals surface area contributed by atoms with Crippen LogP contribution in [0.15, 0.2) is 30.3 Å². The molecule has 60 valence electrons. The summed E-state index contributed by atoms with van der Waals surface area (Å²) in [5.41, 5.74) is 1.02. The lowest BCUT2D eigenvalue weighted by Crippen LogP contribution is -2.04. The van der Waals surface area contributed by atoms with E-state index in [1.807, 2.05) is 30.3 Å². The number of benzene rings is 1. The molecule has 0 saturated heterocycles. The Labute approximate surface area is 65.9 Å². The van der Waals surface area contributed by atoms with E-state index in [-0.39, 0.29) is 0 Å². The van der Waals surface area contributed by atoms with Crippen LogP contribution >= 0.6 is 0 Å². The molecule has 0 heterocycles. The smallest absolute Gasteiger partial charge is 0.151 e. The topological polar surface area (TPSA) is 30.5 Å². The molecule has 0 fully saturated rings. The van der Waals surface area contributed by atoms with Crippen LogP contribution in [-0.2, 0) is 9.78 Å². The van der Waals surface area contributed by atoms with E-state index in [2.05, 4.69) is 15.1 Å². The summed E-state index contributed by atoms with van der Waals surface area (Å²) in [5.74, 6) is 0. The van der Waals surface area contributed by atoms with Gasteiger partial charge in [-0.1, -0.05) is 18.2 Å². The maximum Gasteiger partial charge on any atom is 0.151 e. The van der Waals surface area contributed by atoms with Gasteiger partial charge in [-0.05, 0) is 12.1 Å². The fourth-order valence-corrected chi connectivity index (χ4v) is 0.728. The maximum absolute atomic E-state index is 4.63. The molecule has 0 atom stereocenters. The SMILES string of the molecule is COOCNc1ccccc1. The van der Waals surface area contributed by atoms with Gasteiger partial charge in [0, 0.05) is 5.69 Å². The number of para-hydroxylation sites is 1. The molecule has 11 heavy (non-hydrogen) atoms. The second kappa shape index (κ2) is 4.71. The summed E-state index contributed by atoms with van der Waals surface area (Å²) >= 11 is 0. The Morgan fingerprint density at radius 3 is 2.64 bits per heavy atom. The Balaban J connectivity index is 2.28. The lowest BCUT2D eigenvalue weighted by molar-refractivity contribution is -0.266. The van der Waals surface area contributed by atoms with Gasteiger partial charge in [-0.3, -0.25) is 0 Å². The molecule has 1 rings (SSSR count). The summed E-state index contributed by atoms with van der Waals surface area (Å²) in [4.78, 5) is 9.03. The van der Waals surface area contributed by atoms with Gasteiger partial charge in [0.05, 0.1) is 7.11 Å². The second-order valence-corrected chi connectivity index (χ2v) is 1.97. The summed E-state index contributed by atoms with van der Waals surface area (Å²) < 4.78 is 0. The third-order valence-corrected chi connectivity index (χ3v) is 1.23. The van der Waals surface area contributed by atoms with Crippen LogP contribution in [0.4, 0.5) is 5.69 Å². The van der Waals surface area contributed by atoms with Gasteiger partial charge in [-0.2, -0.15) is 0 Å². The molecule has 3 nitrogen and oxygen atoms in total. The van der Waals surface area contributed by atoms with Crippen molar-refractivity contribution in [1.29, 1.82) is 0 Å². The van der Waals surface area contributed by atoms with Crippen molar-refractivity contribution >= 4 is 5.69 Å². The minimum Gasteiger partial charge on any atom is -0.360 e. The zero-order chi connectivity index (χ0) is 7.94. The predicted molar refractivity (Wildman–Crippen MR) is 43.0 cm³/mol. The van der Waals surface area contributed by atoms with Crippen LogP contribution in [0.3, 0.4) is 0 Å². The predicted octanol–water partition coefficient (Wildman–Crippen LogP) is 1.63. The van der Waals surface area contributed by atoms with Gasteiger partial charge >= 0.3 is 0 Å². The number of hydrogen-bond acceptors (Lipinski definition) is 3. The van der Waals surface area contributed by atoms with E-state index in [9.17, 15) is 0 Å². The van der Waals surface area contributed by atoms with E-state index in [1.165, 1.54) is 7.11 Å². The van der Waals surface area contributed by atoms with E-state index < -0.39 is 0 Å². The summed E-state index contributed by atoms with van der Waals surface area (Å²) in [6.07, 6.45) is 0. The zero-order valence-corrected chi connectivity index (χ0v) is 6.41. The quantitative estimate of drug-likeness (QED) is 0.308. The molecule has 0 radical (unpaired) electrons. The van der Waals surface area contributed by atoms with Gasteiger partial charge in [0.1, 0.15) is 0 Å².